The lowest BCUT2D eigenvalue weighted by Gasteiger charge is -2.22. The molecule has 2 N–H and O–H groups in total. The molecule has 4 aromatic rings. The minimum absolute atomic E-state index is 0.381. The molecular weight excluding hydrogens is 384 g/mol. The predicted octanol–water partition coefficient (Wildman–Crippen LogP) is 6.66. The first-order chi connectivity index (χ1) is 15.0. The van der Waals surface area contributed by atoms with Gasteiger partial charge in [-0.25, -0.2) is 9.97 Å². The second kappa shape index (κ2) is 7.73. The number of fused-ring (bicyclic) bond motifs is 3. The predicted molar refractivity (Wildman–Crippen MR) is 124 cm³/mol. The van der Waals surface area contributed by atoms with Gasteiger partial charge in [-0.15, -0.1) is 0 Å². The van der Waals surface area contributed by atoms with Crippen molar-refractivity contribution in [2.75, 3.05) is 0 Å². The maximum atomic E-state index is 6.16. The molecule has 5 heteroatoms. The van der Waals surface area contributed by atoms with E-state index in [4.69, 9.17) is 4.74 Å². The van der Waals surface area contributed by atoms with Crippen LogP contribution in [0.15, 0.2) is 48.8 Å². The Morgan fingerprint density at radius 3 is 2.19 bits per heavy atom. The van der Waals surface area contributed by atoms with Gasteiger partial charge in [0.05, 0.1) is 23.8 Å². The lowest BCUT2D eigenvalue weighted by atomic mass is 9.93. The Morgan fingerprint density at radius 1 is 0.871 bits per heavy atom. The summed E-state index contributed by atoms with van der Waals surface area (Å²) in [5, 5.41) is 0. The maximum Gasteiger partial charge on any atom is 0.128 e. The van der Waals surface area contributed by atoms with Gasteiger partial charge in [0.2, 0.25) is 0 Å². The van der Waals surface area contributed by atoms with Crippen molar-refractivity contribution in [1.29, 1.82) is 0 Å². The van der Waals surface area contributed by atoms with Crippen LogP contribution in [0.1, 0.15) is 63.2 Å². The van der Waals surface area contributed by atoms with Crippen LogP contribution in [0.3, 0.4) is 0 Å². The van der Waals surface area contributed by atoms with Gasteiger partial charge in [-0.2, -0.15) is 0 Å². The van der Waals surface area contributed by atoms with Gasteiger partial charge >= 0.3 is 0 Å². The van der Waals surface area contributed by atoms with Crippen LogP contribution in [0, 0.1) is 0 Å². The van der Waals surface area contributed by atoms with Crippen molar-refractivity contribution in [3.63, 3.8) is 0 Å². The molecule has 2 aromatic carbocycles. The molecule has 1 aliphatic heterocycles. The van der Waals surface area contributed by atoms with Gasteiger partial charge in [-0.1, -0.05) is 45.9 Å². The normalized spacial score (nSPS) is 13.6. The largest absolute Gasteiger partial charge is 0.488 e. The molecule has 1 atom stereocenters. The number of rotatable bonds is 5. The first kappa shape index (κ1) is 19.6. The summed E-state index contributed by atoms with van der Waals surface area (Å²) in [6.45, 7) is 9.21. The molecule has 0 saturated heterocycles. The Labute approximate surface area is 182 Å². The number of aromatic nitrogens is 4. The quantitative estimate of drug-likeness (QED) is 0.385. The summed E-state index contributed by atoms with van der Waals surface area (Å²) in [4.78, 5) is 16.0. The first-order valence-corrected chi connectivity index (χ1v) is 11.0. The Kier molecular flexibility index (Phi) is 4.89. The number of benzene rings is 2. The van der Waals surface area contributed by atoms with Crippen molar-refractivity contribution in [3.05, 3.63) is 66.0 Å². The molecular formula is C26H28N4O. The fourth-order valence-corrected chi connectivity index (χ4v) is 4.03. The molecule has 0 amide bonds. The van der Waals surface area contributed by atoms with E-state index in [0.717, 1.165) is 51.9 Å². The number of aromatic amines is 2. The SMILES string of the molecule is CCC(C)c1ncc(-c2ccc3c(c2)OCc2cc(-c4cnc(C(C)C)[nH]4)ccc2-3)[nH]1. The molecule has 31 heavy (non-hydrogen) atoms. The Morgan fingerprint density at radius 2 is 1.52 bits per heavy atom. The second-order valence-corrected chi connectivity index (χ2v) is 8.70. The van der Waals surface area contributed by atoms with E-state index in [0.29, 0.717) is 18.4 Å². The average molecular weight is 413 g/mol. The minimum Gasteiger partial charge on any atom is -0.488 e. The summed E-state index contributed by atoms with van der Waals surface area (Å²) in [7, 11) is 0. The van der Waals surface area contributed by atoms with Crippen molar-refractivity contribution in [2.24, 2.45) is 0 Å². The molecule has 5 nitrogen and oxygen atoms in total. The topological polar surface area (TPSA) is 66.6 Å². The molecule has 1 aliphatic rings. The smallest absolute Gasteiger partial charge is 0.128 e. The highest BCUT2D eigenvalue weighted by atomic mass is 16.5. The molecule has 0 fully saturated rings. The van der Waals surface area contributed by atoms with E-state index in [9.17, 15) is 0 Å². The lowest BCUT2D eigenvalue weighted by molar-refractivity contribution is 0.302. The minimum atomic E-state index is 0.381. The highest BCUT2D eigenvalue weighted by molar-refractivity contribution is 5.80. The van der Waals surface area contributed by atoms with E-state index in [-0.39, 0.29) is 0 Å². The fourth-order valence-electron chi connectivity index (χ4n) is 4.03. The Hall–Kier alpha value is -3.34. The molecule has 0 spiro atoms. The standard InChI is InChI=1S/C26H28N4O/c1-5-16(4)26-28-13-23(30-26)18-7-9-21-20-8-6-17(10-19(20)14-31-24(21)11-18)22-12-27-25(29-22)15(2)3/h6-13,15-16H,5,14H2,1-4H3,(H,27,29)(H,28,30). The second-order valence-electron chi connectivity index (χ2n) is 8.70. The summed E-state index contributed by atoms with van der Waals surface area (Å²) >= 11 is 0. The third-order valence-electron chi connectivity index (χ3n) is 6.20. The van der Waals surface area contributed by atoms with Gasteiger partial charge in [0.1, 0.15) is 24.0 Å². The summed E-state index contributed by atoms with van der Waals surface area (Å²) < 4.78 is 6.16. The highest BCUT2D eigenvalue weighted by Gasteiger charge is 2.20. The highest BCUT2D eigenvalue weighted by Crippen LogP contribution is 2.41. The average Bonchev–Trinajstić information content (AvgIpc) is 3.48. The van der Waals surface area contributed by atoms with Crippen LogP contribution in [0.4, 0.5) is 0 Å². The van der Waals surface area contributed by atoms with Gasteiger partial charge in [-0.05, 0) is 41.3 Å². The first-order valence-electron chi connectivity index (χ1n) is 11.0. The van der Waals surface area contributed by atoms with Crippen LogP contribution >= 0.6 is 0 Å². The van der Waals surface area contributed by atoms with Crippen molar-refractivity contribution in [3.8, 4) is 39.4 Å². The van der Waals surface area contributed by atoms with Gasteiger partial charge in [0, 0.05) is 23.0 Å². The third-order valence-corrected chi connectivity index (χ3v) is 6.20. The summed E-state index contributed by atoms with van der Waals surface area (Å²) in [5.74, 6) is 3.77. The molecule has 3 heterocycles. The number of nitrogens with one attached hydrogen (secondary N) is 2. The van der Waals surface area contributed by atoms with Crippen LogP contribution in [0.2, 0.25) is 0 Å². The zero-order valence-corrected chi connectivity index (χ0v) is 18.5. The van der Waals surface area contributed by atoms with Crippen LogP contribution < -0.4 is 4.74 Å². The van der Waals surface area contributed by atoms with Crippen molar-refractivity contribution >= 4 is 0 Å². The number of imidazole rings is 2. The van der Waals surface area contributed by atoms with Crippen molar-refractivity contribution in [2.45, 2.75) is 52.6 Å². The number of ether oxygens (including phenoxy) is 1. The van der Waals surface area contributed by atoms with E-state index in [2.05, 4.69) is 84.0 Å². The molecule has 2 aromatic heterocycles. The monoisotopic (exact) mass is 412 g/mol. The number of hydrogen-bond donors (Lipinski definition) is 2. The van der Waals surface area contributed by atoms with Crippen molar-refractivity contribution < 1.29 is 4.74 Å². The van der Waals surface area contributed by atoms with E-state index >= 15 is 0 Å². The molecule has 0 radical (unpaired) electrons. The number of H-pyrrole nitrogens is 2. The van der Waals surface area contributed by atoms with E-state index in [1.165, 1.54) is 11.1 Å². The third kappa shape index (κ3) is 3.54. The number of hydrogen-bond acceptors (Lipinski definition) is 3. The zero-order valence-electron chi connectivity index (χ0n) is 18.5. The molecule has 158 valence electrons. The van der Waals surface area contributed by atoms with E-state index in [1.54, 1.807) is 0 Å². The molecule has 0 aliphatic carbocycles. The van der Waals surface area contributed by atoms with Gasteiger partial charge in [-0.3, -0.25) is 0 Å². The molecule has 5 rings (SSSR count). The van der Waals surface area contributed by atoms with Gasteiger partial charge in [0.25, 0.3) is 0 Å². The van der Waals surface area contributed by atoms with Crippen LogP contribution in [0.5, 0.6) is 5.75 Å². The Balaban J connectivity index is 1.46. The summed E-state index contributed by atoms with van der Waals surface area (Å²) in [5.41, 5.74) is 7.86. The summed E-state index contributed by atoms with van der Waals surface area (Å²) in [6, 6.07) is 13.0. The molecule has 0 bridgehead atoms. The van der Waals surface area contributed by atoms with E-state index in [1.807, 2.05) is 12.4 Å². The van der Waals surface area contributed by atoms with E-state index < -0.39 is 0 Å². The van der Waals surface area contributed by atoms with Crippen LogP contribution in [-0.2, 0) is 6.61 Å². The molecule has 1 unspecified atom stereocenters. The summed E-state index contributed by atoms with van der Waals surface area (Å²) in [6.07, 6.45) is 4.90. The van der Waals surface area contributed by atoms with Gasteiger partial charge < -0.3 is 14.7 Å². The molecule has 0 saturated carbocycles. The maximum absolute atomic E-state index is 6.16. The fraction of sp³-hybridized carbons (Fsp3) is 0.308. The Bertz CT molecular complexity index is 1230. The number of nitrogens with zero attached hydrogens (tertiary/aromatic N) is 2. The van der Waals surface area contributed by atoms with Crippen molar-refractivity contribution in [1.82, 2.24) is 19.9 Å². The zero-order chi connectivity index (χ0) is 21.5. The van der Waals surface area contributed by atoms with Crippen LogP contribution in [-0.4, -0.2) is 19.9 Å². The van der Waals surface area contributed by atoms with Crippen LogP contribution in [0.25, 0.3) is 33.6 Å². The lowest BCUT2D eigenvalue weighted by Crippen LogP contribution is -2.06. The van der Waals surface area contributed by atoms with Gasteiger partial charge in [0.15, 0.2) is 0 Å².